The molecule has 0 bridgehead atoms. The minimum absolute atomic E-state index is 0.695. The first-order valence-corrected chi connectivity index (χ1v) is 6.40. The Kier molecular flexibility index (Phi) is 3.77. The summed E-state index contributed by atoms with van der Waals surface area (Å²) in [7, 11) is 0. The number of aryl methyl sites for hydroxylation is 1. The summed E-state index contributed by atoms with van der Waals surface area (Å²) in [6.07, 6.45) is 0. The Morgan fingerprint density at radius 1 is 1.06 bits per heavy atom. The predicted octanol–water partition coefficient (Wildman–Crippen LogP) is 5.06. The zero-order chi connectivity index (χ0) is 13.1. The fourth-order valence-corrected chi connectivity index (χ4v) is 1.90. The Balaban J connectivity index is 2.30. The molecule has 2 aromatic carbocycles. The first kappa shape index (κ1) is 12.8. The van der Waals surface area contributed by atoms with Gasteiger partial charge in [0.15, 0.2) is 0 Å². The van der Waals surface area contributed by atoms with E-state index >= 15 is 0 Å². The lowest BCUT2D eigenvalue weighted by Gasteiger charge is -2.02. The highest BCUT2D eigenvalue weighted by molar-refractivity contribution is 9.10. The number of hydrogen-bond donors (Lipinski definition) is 1. The molecule has 0 aromatic heterocycles. The molecule has 0 spiro atoms. The van der Waals surface area contributed by atoms with Crippen molar-refractivity contribution in [2.45, 2.75) is 13.8 Å². The fourth-order valence-electron chi connectivity index (χ4n) is 1.53. The Hall–Kier alpha value is -1.68. The van der Waals surface area contributed by atoms with Crippen molar-refractivity contribution in [2.75, 3.05) is 5.73 Å². The molecule has 2 aromatic rings. The Morgan fingerprint density at radius 2 is 1.83 bits per heavy atom. The number of hydrogen-bond acceptors (Lipinski definition) is 3. The summed E-state index contributed by atoms with van der Waals surface area (Å²) >= 11 is 3.37. The van der Waals surface area contributed by atoms with Crippen LogP contribution in [0, 0.1) is 13.8 Å². The molecule has 3 nitrogen and oxygen atoms in total. The van der Waals surface area contributed by atoms with Gasteiger partial charge in [0.25, 0.3) is 0 Å². The van der Waals surface area contributed by atoms with E-state index in [1.807, 2.05) is 37.3 Å². The van der Waals surface area contributed by atoms with Crippen LogP contribution in [-0.2, 0) is 0 Å². The number of nitrogens with two attached hydrogens (primary N) is 1. The van der Waals surface area contributed by atoms with Crippen LogP contribution in [0.4, 0.5) is 17.1 Å². The van der Waals surface area contributed by atoms with E-state index in [1.165, 1.54) is 5.56 Å². The number of halogens is 1. The maximum absolute atomic E-state index is 5.72. The lowest BCUT2D eigenvalue weighted by molar-refractivity contribution is 1.19. The topological polar surface area (TPSA) is 50.7 Å². The Bertz CT molecular complexity index is 606. The van der Waals surface area contributed by atoms with Gasteiger partial charge in [0, 0.05) is 10.2 Å². The monoisotopic (exact) mass is 303 g/mol. The molecule has 0 amide bonds. The molecule has 0 radical (unpaired) electrons. The van der Waals surface area contributed by atoms with Crippen LogP contribution < -0.4 is 5.73 Å². The molecule has 0 heterocycles. The molecular formula is C14H14BrN3. The fraction of sp³-hybridized carbons (Fsp3) is 0.143. The summed E-state index contributed by atoms with van der Waals surface area (Å²) in [5.41, 5.74) is 10.4. The average molecular weight is 304 g/mol. The highest BCUT2D eigenvalue weighted by Crippen LogP contribution is 2.27. The first-order valence-electron chi connectivity index (χ1n) is 5.61. The molecule has 4 heteroatoms. The lowest BCUT2D eigenvalue weighted by atomic mass is 10.1. The molecule has 0 saturated carbocycles. The molecular weight excluding hydrogens is 290 g/mol. The lowest BCUT2D eigenvalue weighted by Crippen LogP contribution is -1.84. The Labute approximate surface area is 115 Å². The van der Waals surface area contributed by atoms with Crippen LogP contribution in [0.2, 0.25) is 0 Å². The number of benzene rings is 2. The van der Waals surface area contributed by atoms with Crippen molar-refractivity contribution in [3.05, 3.63) is 52.0 Å². The van der Waals surface area contributed by atoms with Gasteiger partial charge in [-0.25, -0.2) is 0 Å². The molecule has 0 atom stereocenters. The minimum Gasteiger partial charge on any atom is -0.398 e. The third-order valence-corrected chi connectivity index (χ3v) is 3.52. The average Bonchev–Trinajstić information content (AvgIpc) is 2.35. The summed E-state index contributed by atoms with van der Waals surface area (Å²) in [5.74, 6) is 0. The molecule has 0 unspecified atom stereocenters. The van der Waals surface area contributed by atoms with Crippen molar-refractivity contribution in [3.8, 4) is 0 Å². The number of azo groups is 1. The smallest absolute Gasteiger partial charge is 0.0888 e. The van der Waals surface area contributed by atoms with Crippen LogP contribution in [0.5, 0.6) is 0 Å². The van der Waals surface area contributed by atoms with Crippen molar-refractivity contribution in [3.63, 3.8) is 0 Å². The molecule has 0 fully saturated rings. The predicted molar refractivity (Wildman–Crippen MR) is 78.6 cm³/mol. The van der Waals surface area contributed by atoms with E-state index in [-0.39, 0.29) is 0 Å². The van der Waals surface area contributed by atoms with Gasteiger partial charge < -0.3 is 5.73 Å². The van der Waals surface area contributed by atoms with Crippen molar-refractivity contribution in [2.24, 2.45) is 10.2 Å². The first-order chi connectivity index (χ1) is 8.58. The van der Waals surface area contributed by atoms with Crippen LogP contribution in [0.25, 0.3) is 0 Å². The zero-order valence-electron chi connectivity index (χ0n) is 10.3. The largest absolute Gasteiger partial charge is 0.398 e. The molecule has 2 N–H and O–H groups in total. The van der Waals surface area contributed by atoms with Gasteiger partial charge in [-0.2, -0.15) is 10.2 Å². The summed E-state index contributed by atoms with van der Waals surface area (Å²) in [6, 6.07) is 11.5. The maximum atomic E-state index is 5.72. The molecule has 92 valence electrons. The minimum atomic E-state index is 0.695. The number of rotatable bonds is 2. The summed E-state index contributed by atoms with van der Waals surface area (Å²) in [5, 5.41) is 8.49. The normalized spacial score (nSPS) is 11.1. The highest BCUT2D eigenvalue weighted by Gasteiger charge is 2.00. The van der Waals surface area contributed by atoms with Crippen LogP contribution in [0.15, 0.2) is 51.1 Å². The SMILES string of the molecule is Cc1cccc(/N=N/c2ccc(N)c(Br)c2)c1C. The summed E-state index contributed by atoms with van der Waals surface area (Å²) < 4.78 is 0.833. The van der Waals surface area contributed by atoms with Crippen LogP contribution >= 0.6 is 15.9 Å². The van der Waals surface area contributed by atoms with E-state index in [0.717, 1.165) is 21.4 Å². The zero-order valence-corrected chi connectivity index (χ0v) is 11.9. The van der Waals surface area contributed by atoms with E-state index < -0.39 is 0 Å². The van der Waals surface area contributed by atoms with Crippen molar-refractivity contribution in [1.82, 2.24) is 0 Å². The van der Waals surface area contributed by atoms with Gasteiger partial charge in [-0.3, -0.25) is 0 Å². The van der Waals surface area contributed by atoms with E-state index in [4.69, 9.17) is 5.73 Å². The van der Waals surface area contributed by atoms with Crippen LogP contribution in [-0.4, -0.2) is 0 Å². The van der Waals surface area contributed by atoms with Gasteiger partial charge in [-0.1, -0.05) is 12.1 Å². The van der Waals surface area contributed by atoms with Crippen LogP contribution in [0.3, 0.4) is 0 Å². The number of nitrogen functional groups attached to an aromatic ring is 1. The number of anilines is 1. The Morgan fingerprint density at radius 3 is 2.56 bits per heavy atom. The molecule has 0 aliphatic rings. The van der Waals surface area contributed by atoms with Gasteiger partial charge in [-0.05, 0) is 65.2 Å². The van der Waals surface area contributed by atoms with Crippen molar-refractivity contribution < 1.29 is 0 Å². The van der Waals surface area contributed by atoms with E-state index in [9.17, 15) is 0 Å². The standard InChI is InChI=1S/C14H14BrN3/c1-9-4-3-5-14(10(9)2)18-17-11-6-7-13(16)12(15)8-11/h3-8H,16H2,1-2H3/b18-17+. The van der Waals surface area contributed by atoms with Gasteiger partial charge in [0.2, 0.25) is 0 Å². The second-order valence-corrected chi connectivity index (χ2v) is 4.98. The molecule has 0 aliphatic carbocycles. The van der Waals surface area contributed by atoms with E-state index in [1.54, 1.807) is 0 Å². The van der Waals surface area contributed by atoms with Crippen molar-refractivity contribution >= 4 is 33.0 Å². The van der Waals surface area contributed by atoms with Crippen LogP contribution in [0.1, 0.15) is 11.1 Å². The highest BCUT2D eigenvalue weighted by atomic mass is 79.9. The second kappa shape index (κ2) is 5.31. The molecule has 0 saturated heterocycles. The van der Waals surface area contributed by atoms with Gasteiger partial charge in [0.05, 0.1) is 11.4 Å². The molecule has 0 aliphatic heterocycles. The second-order valence-electron chi connectivity index (χ2n) is 4.12. The third kappa shape index (κ3) is 2.76. The maximum Gasteiger partial charge on any atom is 0.0888 e. The number of nitrogens with zero attached hydrogens (tertiary/aromatic N) is 2. The summed E-state index contributed by atoms with van der Waals surface area (Å²) in [6.45, 7) is 4.11. The van der Waals surface area contributed by atoms with E-state index in [2.05, 4.69) is 39.1 Å². The third-order valence-electron chi connectivity index (χ3n) is 2.83. The molecule has 18 heavy (non-hydrogen) atoms. The van der Waals surface area contributed by atoms with Crippen molar-refractivity contribution in [1.29, 1.82) is 0 Å². The molecule has 2 rings (SSSR count). The quantitative estimate of drug-likeness (QED) is 0.611. The summed E-state index contributed by atoms with van der Waals surface area (Å²) in [4.78, 5) is 0. The van der Waals surface area contributed by atoms with Gasteiger partial charge in [-0.15, -0.1) is 0 Å². The van der Waals surface area contributed by atoms with Gasteiger partial charge >= 0.3 is 0 Å². The van der Waals surface area contributed by atoms with E-state index in [0.29, 0.717) is 5.69 Å². The van der Waals surface area contributed by atoms with Gasteiger partial charge in [0.1, 0.15) is 0 Å².